The summed E-state index contributed by atoms with van der Waals surface area (Å²) in [6.45, 7) is 1.88. The number of ether oxygens (including phenoxy) is 1. The fourth-order valence-corrected chi connectivity index (χ4v) is 3.43. The van der Waals surface area contributed by atoms with E-state index in [2.05, 4.69) is 5.10 Å². The minimum atomic E-state index is -0.481. The number of amides is 1. The second kappa shape index (κ2) is 8.02. The van der Waals surface area contributed by atoms with Crippen molar-refractivity contribution in [2.75, 3.05) is 26.3 Å². The van der Waals surface area contributed by atoms with Gasteiger partial charge in [-0.15, -0.1) is 0 Å². The van der Waals surface area contributed by atoms with Crippen LogP contribution in [0.5, 0.6) is 0 Å². The van der Waals surface area contributed by atoms with Crippen LogP contribution >= 0.6 is 11.6 Å². The van der Waals surface area contributed by atoms with Crippen LogP contribution in [-0.2, 0) is 4.74 Å². The Balaban J connectivity index is 1.84. The molecule has 0 radical (unpaired) electrons. The van der Waals surface area contributed by atoms with E-state index in [9.17, 15) is 14.9 Å². The summed E-state index contributed by atoms with van der Waals surface area (Å²) in [4.78, 5) is 25.6. The SMILES string of the molecule is O=C(c1cc(-c2ccccc2Cl)nn1-c1cccc([N+](=O)[O-])c1)N1CCOCC1. The molecule has 2 aromatic carbocycles. The second-order valence-electron chi connectivity index (χ2n) is 6.49. The van der Waals surface area contributed by atoms with E-state index < -0.39 is 4.92 Å². The number of nitro benzene ring substituents is 1. The monoisotopic (exact) mass is 412 g/mol. The highest BCUT2D eigenvalue weighted by atomic mass is 35.5. The lowest BCUT2D eigenvalue weighted by Gasteiger charge is -2.26. The fraction of sp³-hybridized carbons (Fsp3) is 0.200. The summed E-state index contributed by atoms with van der Waals surface area (Å²) in [5.74, 6) is -0.217. The van der Waals surface area contributed by atoms with Crippen molar-refractivity contribution in [3.63, 3.8) is 0 Å². The maximum Gasteiger partial charge on any atom is 0.272 e. The van der Waals surface area contributed by atoms with Crippen molar-refractivity contribution in [1.29, 1.82) is 0 Å². The molecule has 1 saturated heterocycles. The lowest BCUT2D eigenvalue weighted by molar-refractivity contribution is -0.384. The largest absolute Gasteiger partial charge is 0.378 e. The number of nitrogens with zero attached hydrogens (tertiary/aromatic N) is 4. The number of aromatic nitrogens is 2. The maximum atomic E-state index is 13.2. The Kier molecular flexibility index (Phi) is 5.28. The molecule has 4 rings (SSSR count). The Morgan fingerprint density at radius 3 is 2.59 bits per heavy atom. The van der Waals surface area contributed by atoms with Gasteiger partial charge in [-0.2, -0.15) is 5.10 Å². The summed E-state index contributed by atoms with van der Waals surface area (Å²) in [7, 11) is 0. The molecule has 1 aliphatic heterocycles. The van der Waals surface area contributed by atoms with Crippen LogP contribution in [0.4, 0.5) is 5.69 Å². The highest BCUT2D eigenvalue weighted by molar-refractivity contribution is 6.33. The molecule has 0 atom stereocenters. The Morgan fingerprint density at radius 1 is 1.10 bits per heavy atom. The lowest BCUT2D eigenvalue weighted by atomic mass is 10.1. The summed E-state index contributed by atoms with van der Waals surface area (Å²) in [5.41, 5.74) is 1.84. The molecule has 8 nitrogen and oxygen atoms in total. The number of benzene rings is 2. The topological polar surface area (TPSA) is 90.5 Å². The quantitative estimate of drug-likeness (QED) is 0.482. The van der Waals surface area contributed by atoms with Gasteiger partial charge in [0.25, 0.3) is 11.6 Å². The molecule has 9 heteroatoms. The summed E-state index contributed by atoms with van der Waals surface area (Å²) in [6, 6.07) is 14.9. The minimum Gasteiger partial charge on any atom is -0.378 e. The standard InChI is InChI=1S/C20H17ClN4O4/c21-17-7-2-1-6-16(17)18-13-19(20(26)23-8-10-29-11-9-23)24(22-18)14-4-3-5-15(12-14)25(27)28/h1-7,12-13H,8-11H2. The van der Waals surface area contributed by atoms with Gasteiger partial charge in [-0.3, -0.25) is 14.9 Å². The Hall–Kier alpha value is -3.23. The van der Waals surface area contributed by atoms with Gasteiger partial charge in [0, 0.05) is 30.8 Å². The number of carbonyl (C=O) groups is 1. The molecule has 3 aromatic rings. The number of halogens is 1. The van der Waals surface area contributed by atoms with Gasteiger partial charge in [-0.25, -0.2) is 4.68 Å². The van der Waals surface area contributed by atoms with Gasteiger partial charge in [0.2, 0.25) is 0 Å². The molecule has 0 spiro atoms. The molecule has 148 valence electrons. The first-order valence-electron chi connectivity index (χ1n) is 9.01. The second-order valence-corrected chi connectivity index (χ2v) is 6.90. The van der Waals surface area contributed by atoms with Gasteiger partial charge >= 0.3 is 0 Å². The molecule has 2 heterocycles. The van der Waals surface area contributed by atoms with Crippen molar-refractivity contribution in [3.05, 3.63) is 75.4 Å². The van der Waals surface area contributed by atoms with Gasteiger partial charge in [-0.05, 0) is 18.2 Å². The van der Waals surface area contributed by atoms with Crippen LogP contribution in [0.15, 0.2) is 54.6 Å². The van der Waals surface area contributed by atoms with Crippen LogP contribution in [-0.4, -0.2) is 51.8 Å². The van der Waals surface area contributed by atoms with Crippen molar-refractivity contribution in [2.24, 2.45) is 0 Å². The highest BCUT2D eigenvalue weighted by Crippen LogP contribution is 2.29. The number of nitro groups is 1. The van der Waals surface area contributed by atoms with E-state index in [4.69, 9.17) is 16.3 Å². The molecular formula is C20H17ClN4O4. The number of carbonyl (C=O) groups excluding carboxylic acids is 1. The molecule has 1 aliphatic rings. The molecule has 0 bridgehead atoms. The van der Waals surface area contributed by atoms with Crippen molar-refractivity contribution in [2.45, 2.75) is 0 Å². The minimum absolute atomic E-state index is 0.0814. The van der Waals surface area contributed by atoms with E-state index in [1.165, 1.54) is 16.8 Å². The van der Waals surface area contributed by atoms with E-state index in [-0.39, 0.29) is 11.6 Å². The molecular weight excluding hydrogens is 396 g/mol. The molecule has 0 N–H and O–H groups in total. The van der Waals surface area contributed by atoms with Crippen LogP contribution < -0.4 is 0 Å². The molecule has 0 unspecified atom stereocenters. The molecule has 1 fully saturated rings. The van der Waals surface area contributed by atoms with Crippen molar-refractivity contribution in [3.8, 4) is 16.9 Å². The van der Waals surface area contributed by atoms with Gasteiger partial charge in [-0.1, -0.05) is 35.9 Å². The highest BCUT2D eigenvalue weighted by Gasteiger charge is 2.25. The number of hydrogen-bond donors (Lipinski definition) is 0. The van der Waals surface area contributed by atoms with Crippen LogP contribution in [0.3, 0.4) is 0 Å². The summed E-state index contributed by atoms with van der Waals surface area (Å²) < 4.78 is 6.76. The van der Waals surface area contributed by atoms with Gasteiger partial charge in [0.15, 0.2) is 0 Å². The number of hydrogen-bond acceptors (Lipinski definition) is 5. The first-order valence-corrected chi connectivity index (χ1v) is 9.39. The Bertz CT molecular complexity index is 1080. The van der Waals surface area contributed by atoms with Crippen molar-refractivity contribution >= 4 is 23.2 Å². The average Bonchev–Trinajstić information content (AvgIpc) is 3.19. The molecule has 1 amide bonds. The zero-order valence-corrected chi connectivity index (χ0v) is 16.1. The van der Waals surface area contributed by atoms with Crippen LogP contribution in [0.25, 0.3) is 16.9 Å². The zero-order valence-electron chi connectivity index (χ0n) is 15.3. The molecule has 1 aromatic heterocycles. The van der Waals surface area contributed by atoms with E-state index in [0.717, 1.165) is 0 Å². The van der Waals surface area contributed by atoms with Crippen molar-refractivity contribution < 1.29 is 14.5 Å². The summed E-state index contributed by atoms with van der Waals surface area (Å²) in [6.07, 6.45) is 0. The van der Waals surface area contributed by atoms with Gasteiger partial charge in [0.1, 0.15) is 5.69 Å². The van der Waals surface area contributed by atoms with E-state index in [0.29, 0.717) is 54.0 Å². The van der Waals surface area contributed by atoms with E-state index in [1.54, 1.807) is 29.2 Å². The molecule has 0 aliphatic carbocycles. The zero-order chi connectivity index (χ0) is 20.4. The van der Waals surface area contributed by atoms with E-state index in [1.807, 2.05) is 18.2 Å². The number of morpholine rings is 1. The number of rotatable bonds is 4. The first kappa shape index (κ1) is 19.1. The predicted octanol–water partition coefficient (Wildman–Crippen LogP) is 3.57. The average molecular weight is 413 g/mol. The lowest BCUT2D eigenvalue weighted by Crippen LogP contribution is -2.41. The van der Waals surface area contributed by atoms with Crippen molar-refractivity contribution in [1.82, 2.24) is 14.7 Å². The van der Waals surface area contributed by atoms with Crippen LogP contribution in [0.1, 0.15) is 10.5 Å². The maximum absolute atomic E-state index is 13.2. The summed E-state index contributed by atoms with van der Waals surface area (Å²) >= 11 is 6.31. The Morgan fingerprint density at radius 2 is 1.86 bits per heavy atom. The van der Waals surface area contributed by atoms with Crippen LogP contribution in [0.2, 0.25) is 5.02 Å². The third-order valence-electron chi connectivity index (χ3n) is 4.66. The number of non-ortho nitro benzene ring substituents is 1. The fourth-order valence-electron chi connectivity index (χ4n) is 3.20. The molecule has 0 saturated carbocycles. The van der Waals surface area contributed by atoms with Gasteiger partial charge < -0.3 is 9.64 Å². The molecule has 29 heavy (non-hydrogen) atoms. The van der Waals surface area contributed by atoms with E-state index >= 15 is 0 Å². The third-order valence-corrected chi connectivity index (χ3v) is 4.99. The smallest absolute Gasteiger partial charge is 0.272 e. The predicted molar refractivity (Wildman–Crippen MR) is 107 cm³/mol. The summed E-state index contributed by atoms with van der Waals surface area (Å²) in [5, 5.41) is 16.3. The first-order chi connectivity index (χ1) is 14.0. The van der Waals surface area contributed by atoms with Crippen LogP contribution in [0, 0.1) is 10.1 Å². The third kappa shape index (κ3) is 3.85. The normalized spacial score (nSPS) is 14.0. The Labute approximate surface area is 171 Å². The van der Waals surface area contributed by atoms with Gasteiger partial charge in [0.05, 0.1) is 34.5 Å².